The summed E-state index contributed by atoms with van der Waals surface area (Å²) in [5.74, 6) is -0.00314. The van der Waals surface area contributed by atoms with Crippen molar-refractivity contribution in [3.8, 4) is 5.75 Å². The Balaban J connectivity index is 1.49. The molecular formula is C22H26BrNO4. The highest BCUT2D eigenvalue weighted by atomic mass is 79.9. The van der Waals surface area contributed by atoms with Crippen LogP contribution in [0.15, 0.2) is 28.2 Å². The summed E-state index contributed by atoms with van der Waals surface area (Å²) in [6, 6.07) is 5.43. The van der Waals surface area contributed by atoms with Crippen molar-refractivity contribution >= 4 is 39.6 Å². The zero-order valence-corrected chi connectivity index (χ0v) is 17.6. The number of Topliss-reactive ketones (excluding diaryl/α,β-unsaturated/α-hetero) is 1. The molecule has 0 spiro atoms. The van der Waals surface area contributed by atoms with Crippen LogP contribution in [0.1, 0.15) is 63.4 Å². The van der Waals surface area contributed by atoms with Gasteiger partial charge in [-0.25, -0.2) is 0 Å². The quantitative estimate of drug-likeness (QED) is 0.218. The first-order valence-electron chi connectivity index (χ1n) is 10.0. The Bertz CT molecular complexity index is 759. The van der Waals surface area contributed by atoms with Gasteiger partial charge in [0.05, 0.1) is 23.1 Å². The third-order valence-electron chi connectivity index (χ3n) is 5.38. The minimum atomic E-state index is -0.643. The van der Waals surface area contributed by atoms with E-state index >= 15 is 0 Å². The third-order valence-corrected chi connectivity index (χ3v) is 5.99. The summed E-state index contributed by atoms with van der Waals surface area (Å²) in [6.45, 7) is 0.675. The van der Waals surface area contributed by atoms with Crippen LogP contribution in [-0.4, -0.2) is 24.2 Å². The Morgan fingerprint density at radius 1 is 1.11 bits per heavy atom. The zero-order valence-electron chi connectivity index (χ0n) is 16.0. The molecule has 1 aliphatic carbocycles. The van der Waals surface area contributed by atoms with Gasteiger partial charge in [0, 0.05) is 0 Å². The molecule has 1 aromatic rings. The summed E-state index contributed by atoms with van der Waals surface area (Å²) in [7, 11) is 0. The molecule has 1 aromatic carbocycles. The van der Waals surface area contributed by atoms with Crippen LogP contribution in [-0.2, 0) is 14.4 Å². The van der Waals surface area contributed by atoms with Crippen LogP contribution >= 0.6 is 15.9 Å². The van der Waals surface area contributed by atoms with Gasteiger partial charge in [0.1, 0.15) is 5.75 Å². The minimum Gasteiger partial charge on any atom is -0.492 e. The smallest absolute Gasteiger partial charge is 0.261 e. The number of amides is 2. The molecule has 1 saturated heterocycles. The minimum absolute atomic E-state index is 0.00267. The zero-order chi connectivity index (χ0) is 19.9. The summed E-state index contributed by atoms with van der Waals surface area (Å²) in [4.78, 5) is 34.9. The number of halogens is 1. The lowest BCUT2D eigenvalue weighted by Gasteiger charge is -2.21. The largest absolute Gasteiger partial charge is 0.492 e. The second kappa shape index (κ2) is 10.0. The number of nitrogens with one attached hydrogen (secondary N) is 1. The molecule has 6 heteroatoms. The van der Waals surface area contributed by atoms with Crippen molar-refractivity contribution in [1.82, 2.24) is 5.32 Å². The lowest BCUT2D eigenvalue weighted by Crippen LogP contribution is -2.40. The number of imide groups is 1. The molecular weight excluding hydrogens is 422 g/mol. The molecule has 0 bridgehead atoms. The van der Waals surface area contributed by atoms with Crippen molar-refractivity contribution in [2.75, 3.05) is 6.61 Å². The Morgan fingerprint density at radius 2 is 1.89 bits per heavy atom. The van der Waals surface area contributed by atoms with Gasteiger partial charge >= 0.3 is 0 Å². The summed E-state index contributed by atoms with van der Waals surface area (Å²) >= 11 is 3.49. The Morgan fingerprint density at radius 3 is 2.61 bits per heavy atom. The molecule has 0 unspecified atom stereocenters. The van der Waals surface area contributed by atoms with Gasteiger partial charge in [-0.1, -0.05) is 44.6 Å². The van der Waals surface area contributed by atoms with Gasteiger partial charge in [0.25, 0.3) is 5.91 Å². The van der Waals surface area contributed by atoms with E-state index in [-0.39, 0.29) is 12.0 Å². The predicted octanol–water partition coefficient (Wildman–Crippen LogP) is 4.58. The van der Waals surface area contributed by atoms with Crippen LogP contribution in [0.4, 0.5) is 0 Å². The van der Waals surface area contributed by atoms with Crippen LogP contribution in [0, 0.1) is 5.92 Å². The van der Waals surface area contributed by atoms with E-state index in [1.165, 1.54) is 51.0 Å². The standard InChI is InChI=1S/C22H26BrNO4/c23-18-13-16(12-17-19(25)14-21(26)24-22(17)27)9-10-20(18)28-11-5-4-8-15-6-2-1-3-7-15/h9-10,12-13,15H,1-8,11,14H2,(H,24,26,27)/b17-12+. The molecule has 1 N–H and O–H groups in total. The lowest BCUT2D eigenvalue weighted by atomic mass is 9.86. The molecule has 1 aliphatic heterocycles. The van der Waals surface area contributed by atoms with E-state index in [9.17, 15) is 14.4 Å². The van der Waals surface area contributed by atoms with E-state index < -0.39 is 17.6 Å². The normalized spacial score (nSPS) is 19.8. The van der Waals surface area contributed by atoms with Crippen molar-refractivity contribution in [2.24, 2.45) is 5.92 Å². The Labute approximate surface area is 174 Å². The van der Waals surface area contributed by atoms with Gasteiger partial charge < -0.3 is 4.74 Å². The highest BCUT2D eigenvalue weighted by Gasteiger charge is 2.28. The van der Waals surface area contributed by atoms with Gasteiger partial charge in [0.15, 0.2) is 5.78 Å². The molecule has 0 radical (unpaired) electrons. The number of ether oxygens (including phenoxy) is 1. The fourth-order valence-electron chi connectivity index (χ4n) is 3.84. The topological polar surface area (TPSA) is 72.5 Å². The third kappa shape index (κ3) is 5.77. The fraction of sp³-hybridized carbons (Fsp3) is 0.500. The van der Waals surface area contributed by atoms with Gasteiger partial charge in [-0.05, 0) is 58.5 Å². The molecule has 28 heavy (non-hydrogen) atoms. The first-order chi connectivity index (χ1) is 13.5. The van der Waals surface area contributed by atoms with Crippen LogP contribution in [0.2, 0.25) is 0 Å². The highest BCUT2D eigenvalue weighted by Crippen LogP contribution is 2.29. The number of unbranched alkanes of at least 4 members (excludes halogenated alkanes) is 1. The predicted molar refractivity (Wildman–Crippen MR) is 111 cm³/mol. The number of rotatable bonds is 7. The maximum absolute atomic E-state index is 11.9. The van der Waals surface area contributed by atoms with Crippen LogP contribution < -0.4 is 10.1 Å². The number of hydrogen-bond donors (Lipinski definition) is 1. The maximum atomic E-state index is 11.9. The molecule has 2 amide bonds. The second-order valence-electron chi connectivity index (χ2n) is 7.57. The van der Waals surface area contributed by atoms with Crippen LogP contribution in [0.3, 0.4) is 0 Å². The first kappa shape index (κ1) is 20.8. The molecule has 5 nitrogen and oxygen atoms in total. The number of carbonyl (C=O) groups excluding carboxylic acids is 3. The average Bonchev–Trinajstić information content (AvgIpc) is 2.66. The molecule has 0 atom stereocenters. The van der Waals surface area contributed by atoms with Gasteiger partial charge in [-0.3, -0.25) is 19.7 Å². The van der Waals surface area contributed by atoms with E-state index in [2.05, 4.69) is 21.2 Å². The van der Waals surface area contributed by atoms with Crippen molar-refractivity contribution in [2.45, 2.75) is 57.8 Å². The van der Waals surface area contributed by atoms with E-state index in [1.54, 1.807) is 12.1 Å². The highest BCUT2D eigenvalue weighted by molar-refractivity contribution is 9.10. The summed E-state index contributed by atoms with van der Waals surface area (Å²) in [6.07, 6.45) is 11.7. The van der Waals surface area contributed by atoms with E-state index in [0.717, 1.165) is 22.6 Å². The van der Waals surface area contributed by atoms with E-state index in [4.69, 9.17) is 4.74 Å². The second-order valence-corrected chi connectivity index (χ2v) is 8.43. The lowest BCUT2D eigenvalue weighted by molar-refractivity contribution is -0.134. The molecule has 1 heterocycles. The average molecular weight is 448 g/mol. The van der Waals surface area contributed by atoms with E-state index in [0.29, 0.717) is 12.2 Å². The Hall–Kier alpha value is -1.95. The van der Waals surface area contributed by atoms with Gasteiger partial charge in [0.2, 0.25) is 5.91 Å². The van der Waals surface area contributed by atoms with Crippen molar-refractivity contribution < 1.29 is 19.1 Å². The summed E-state index contributed by atoms with van der Waals surface area (Å²) in [5, 5.41) is 2.17. The van der Waals surface area contributed by atoms with Gasteiger partial charge in [-0.15, -0.1) is 0 Å². The first-order valence-corrected chi connectivity index (χ1v) is 10.8. The fourth-order valence-corrected chi connectivity index (χ4v) is 4.35. The number of hydrogen-bond acceptors (Lipinski definition) is 4. The van der Waals surface area contributed by atoms with Crippen molar-refractivity contribution in [3.63, 3.8) is 0 Å². The van der Waals surface area contributed by atoms with E-state index in [1.807, 2.05) is 6.07 Å². The Kier molecular flexibility index (Phi) is 7.43. The molecule has 1 saturated carbocycles. The molecule has 2 fully saturated rings. The number of ketones is 1. The molecule has 150 valence electrons. The van der Waals surface area contributed by atoms with Crippen molar-refractivity contribution in [3.05, 3.63) is 33.8 Å². The molecule has 0 aromatic heterocycles. The van der Waals surface area contributed by atoms with Crippen molar-refractivity contribution in [1.29, 1.82) is 0 Å². The number of carbonyl (C=O) groups is 3. The van der Waals surface area contributed by atoms with Crippen LogP contribution in [0.5, 0.6) is 5.75 Å². The maximum Gasteiger partial charge on any atom is 0.261 e. The van der Waals surface area contributed by atoms with Crippen LogP contribution in [0.25, 0.3) is 6.08 Å². The summed E-state index contributed by atoms with van der Waals surface area (Å²) < 4.78 is 6.64. The molecule has 3 rings (SSSR count). The number of benzene rings is 1. The molecule has 2 aliphatic rings. The van der Waals surface area contributed by atoms with Gasteiger partial charge in [-0.2, -0.15) is 0 Å². The SMILES string of the molecule is O=C1CC(=O)/C(=C\c2ccc(OCCCCC3CCCCC3)c(Br)c2)C(=O)N1. The number of piperidine rings is 1. The summed E-state index contributed by atoms with van der Waals surface area (Å²) in [5.41, 5.74) is 0.701. The monoisotopic (exact) mass is 447 g/mol.